The Labute approximate surface area is 95.9 Å². The number of hydrogen-bond acceptors (Lipinski definition) is 2. The summed E-state index contributed by atoms with van der Waals surface area (Å²) in [7, 11) is 0. The highest BCUT2D eigenvalue weighted by Gasteiger charge is 2.49. The van der Waals surface area contributed by atoms with Crippen molar-refractivity contribution in [3.63, 3.8) is 0 Å². The Morgan fingerprint density at radius 2 is 2.00 bits per heavy atom. The maximum absolute atomic E-state index is 5.96. The molecule has 1 aliphatic heterocycles. The number of unbranched alkanes of at least 4 members (excludes halogenated alkanes) is 1. The summed E-state index contributed by atoms with van der Waals surface area (Å²) in [5.74, 6) is -0.560. The number of rotatable bonds is 4. The average molecular weight is 241 g/mol. The Morgan fingerprint density at radius 3 is 2.36 bits per heavy atom. The maximum atomic E-state index is 5.96. The summed E-state index contributed by atoms with van der Waals surface area (Å²) in [5.41, 5.74) is -0.511. The van der Waals surface area contributed by atoms with E-state index in [1.165, 1.54) is 0 Å². The smallest absolute Gasteiger partial charge is 0.163 e. The molecule has 2 nitrogen and oxygen atoms in total. The van der Waals surface area contributed by atoms with E-state index in [1.54, 1.807) is 0 Å². The summed E-state index contributed by atoms with van der Waals surface area (Å²) in [4.78, 5) is -0.532. The largest absolute Gasteiger partial charge is 0.347 e. The number of halogens is 2. The van der Waals surface area contributed by atoms with E-state index < -0.39 is 16.2 Å². The van der Waals surface area contributed by atoms with E-state index >= 15 is 0 Å². The van der Waals surface area contributed by atoms with Gasteiger partial charge in [-0.3, -0.25) is 0 Å². The number of alkyl halides is 2. The highest BCUT2D eigenvalue weighted by Crippen LogP contribution is 2.40. The van der Waals surface area contributed by atoms with Crippen molar-refractivity contribution in [2.24, 2.45) is 0 Å². The fourth-order valence-corrected chi connectivity index (χ4v) is 2.09. The van der Waals surface area contributed by atoms with Crippen molar-refractivity contribution in [3.05, 3.63) is 0 Å². The van der Waals surface area contributed by atoms with Crippen LogP contribution in [0.2, 0.25) is 0 Å². The van der Waals surface area contributed by atoms with E-state index in [-0.39, 0.29) is 0 Å². The first-order valence-electron chi connectivity index (χ1n) is 5.04. The lowest BCUT2D eigenvalue weighted by atomic mass is 10.00. The molecule has 0 aromatic rings. The zero-order valence-corrected chi connectivity index (χ0v) is 10.5. The molecule has 1 fully saturated rings. The lowest BCUT2D eigenvalue weighted by Gasteiger charge is -2.30. The van der Waals surface area contributed by atoms with Crippen LogP contribution in [-0.2, 0) is 9.47 Å². The molecular weight excluding hydrogens is 223 g/mol. The molecule has 1 saturated heterocycles. The quantitative estimate of drug-likeness (QED) is 0.701. The first kappa shape index (κ1) is 12.6. The molecule has 0 radical (unpaired) electrons. The van der Waals surface area contributed by atoms with Crippen molar-refractivity contribution in [3.8, 4) is 0 Å². The van der Waals surface area contributed by atoms with E-state index in [9.17, 15) is 0 Å². The van der Waals surface area contributed by atoms with Gasteiger partial charge in [-0.2, -0.15) is 0 Å². The molecule has 0 aromatic heterocycles. The minimum Gasteiger partial charge on any atom is -0.347 e. The molecule has 4 heteroatoms. The third-order valence-electron chi connectivity index (χ3n) is 2.46. The van der Waals surface area contributed by atoms with Gasteiger partial charge in [0.1, 0.15) is 10.4 Å². The van der Waals surface area contributed by atoms with Gasteiger partial charge in [-0.05, 0) is 20.3 Å². The van der Waals surface area contributed by atoms with Gasteiger partial charge in [-0.15, -0.1) is 23.2 Å². The van der Waals surface area contributed by atoms with Crippen LogP contribution < -0.4 is 0 Å². The molecule has 0 bridgehead atoms. The summed E-state index contributed by atoms with van der Waals surface area (Å²) in [6.07, 6.45) is 3.01. The van der Waals surface area contributed by atoms with Gasteiger partial charge in [0.25, 0.3) is 0 Å². The van der Waals surface area contributed by atoms with Crippen LogP contribution in [0.5, 0.6) is 0 Å². The van der Waals surface area contributed by atoms with Crippen LogP contribution in [0.15, 0.2) is 0 Å². The monoisotopic (exact) mass is 240 g/mol. The molecule has 1 rings (SSSR count). The van der Waals surface area contributed by atoms with Gasteiger partial charge in [-0.1, -0.05) is 19.8 Å². The molecule has 0 aliphatic carbocycles. The summed E-state index contributed by atoms with van der Waals surface area (Å²) < 4.78 is 11.3. The van der Waals surface area contributed by atoms with Crippen LogP contribution in [0, 0.1) is 0 Å². The van der Waals surface area contributed by atoms with Gasteiger partial charge in [0.05, 0.1) is 6.61 Å². The zero-order chi connectivity index (χ0) is 10.8. The Morgan fingerprint density at radius 1 is 1.36 bits per heavy atom. The molecule has 0 unspecified atom stereocenters. The first-order valence-corrected chi connectivity index (χ1v) is 5.91. The first-order chi connectivity index (χ1) is 6.42. The predicted octanol–water partition coefficient (Wildman–Crippen LogP) is 3.50. The van der Waals surface area contributed by atoms with Gasteiger partial charge in [0.2, 0.25) is 0 Å². The average Bonchev–Trinajstić information content (AvgIpc) is 2.40. The molecule has 1 aliphatic rings. The van der Waals surface area contributed by atoms with E-state index in [4.69, 9.17) is 32.7 Å². The topological polar surface area (TPSA) is 18.5 Å². The van der Waals surface area contributed by atoms with Crippen molar-refractivity contribution in [2.45, 2.75) is 56.3 Å². The molecule has 0 amide bonds. The van der Waals surface area contributed by atoms with E-state index in [2.05, 4.69) is 6.92 Å². The zero-order valence-electron chi connectivity index (χ0n) is 8.98. The molecule has 0 spiro atoms. The van der Waals surface area contributed by atoms with E-state index in [0.717, 1.165) is 19.3 Å². The SMILES string of the molecule is CCCC[C@@]1(C(Cl)Cl)COC(C)(C)O1. The number of hydrogen-bond donors (Lipinski definition) is 0. The standard InChI is InChI=1S/C10H18Cl2O2/c1-4-5-6-10(8(11)12)7-13-9(2,3)14-10/h8H,4-7H2,1-3H3/t10-/m0/s1. The van der Waals surface area contributed by atoms with Crippen LogP contribution in [0.4, 0.5) is 0 Å². The summed E-state index contributed by atoms with van der Waals surface area (Å²) in [6.45, 7) is 6.39. The molecule has 1 atom stereocenters. The maximum Gasteiger partial charge on any atom is 0.163 e. The fraction of sp³-hybridized carbons (Fsp3) is 1.00. The molecule has 0 aromatic carbocycles. The molecule has 0 N–H and O–H groups in total. The van der Waals surface area contributed by atoms with Crippen molar-refractivity contribution in [1.29, 1.82) is 0 Å². The molecule has 84 valence electrons. The second-order valence-corrected chi connectivity index (χ2v) is 5.36. The third-order valence-corrected chi connectivity index (χ3v) is 3.26. The molecule has 0 saturated carbocycles. The lowest BCUT2D eigenvalue weighted by molar-refractivity contribution is -0.159. The van der Waals surface area contributed by atoms with E-state index in [0.29, 0.717) is 6.61 Å². The van der Waals surface area contributed by atoms with Crippen LogP contribution in [-0.4, -0.2) is 22.8 Å². The van der Waals surface area contributed by atoms with E-state index in [1.807, 2.05) is 13.8 Å². The van der Waals surface area contributed by atoms with Crippen LogP contribution in [0.1, 0.15) is 40.0 Å². The molecule has 1 heterocycles. The normalized spacial score (nSPS) is 31.3. The summed E-state index contributed by atoms with van der Waals surface area (Å²) in [5, 5.41) is 0. The third kappa shape index (κ3) is 2.75. The summed E-state index contributed by atoms with van der Waals surface area (Å²) in [6, 6.07) is 0. The Kier molecular flexibility index (Phi) is 4.10. The number of ether oxygens (including phenoxy) is 2. The lowest BCUT2D eigenvalue weighted by Crippen LogP contribution is -2.40. The second-order valence-electron chi connectivity index (χ2n) is 4.26. The highest BCUT2D eigenvalue weighted by atomic mass is 35.5. The van der Waals surface area contributed by atoms with Gasteiger partial charge < -0.3 is 9.47 Å². The highest BCUT2D eigenvalue weighted by molar-refractivity contribution is 6.45. The van der Waals surface area contributed by atoms with Crippen molar-refractivity contribution in [2.75, 3.05) is 6.61 Å². The summed E-state index contributed by atoms with van der Waals surface area (Å²) >= 11 is 11.9. The van der Waals surface area contributed by atoms with Crippen molar-refractivity contribution >= 4 is 23.2 Å². The van der Waals surface area contributed by atoms with Gasteiger partial charge in [0.15, 0.2) is 5.79 Å². The van der Waals surface area contributed by atoms with Crippen molar-refractivity contribution in [1.82, 2.24) is 0 Å². The van der Waals surface area contributed by atoms with Crippen LogP contribution in [0.25, 0.3) is 0 Å². The van der Waals surface area contributed by atoms with Gasteiger partial charge in [-0.25, -0.2) is 0 Å². The fourth-order valence-electron chi connectivity index (χ4n) is 1.66. The predicted molar refractivity (Wildman–Crippen MR) is 58.9 cm³/mol. The molecular formula is C10H18Cl2O2. The Hall–Kier alpha value is 0.500. The molecule has 14 heavy (non-hydrogen) atoms. The van der Waals surface area contributed by atoms with Gasteiger partial charge >= 0.3 is 0 Å². The van der Waals surface area contributed by atoms with Crippen molar-refractivity contribution < 1.29 is 9.47 Å². The minimum absolute atomic E-state index is 0.484. The Bertz CT molecular complexity index is 195. The van der Waals surface area contributed by atoms with Crippen LogP contribution in [0.3, 0.4) is 0 Å². The Balaban J connectivity index is 2.65. The van der Waals surface area contributed by atoms with Gasteiger partial charge in [0, 0.05) is 0 Å². The minimum atomic E-state index is -0.560. The van der Waals surface area contributed by atoms with Crippen LogP contribution >= 0.6 is 23.2 Å². The second kappa shape index (κ2) is 4.56.